The third-order valence-corrected chi connectivity index (χ3v) is 3.96. The van der Waals surface area contributed by atoms with Crippen molar-refractivity contribution < 1.29 is 19.4 Å². The number of carbonyl (C=O) groups is 1. The van der Waals surface area contributed by atoms with Crippen molar-refractivity contribution in [3.63, 3.8) is 0 Å². The molecule has 6 nitrogen and oxygen atoms in total. The van der Waals surface area contributed by atoms with Crippen LogP contribution in [0.4, 0.5) is 11.4 Å². The van der Waals surface area contributed by atoms with Crippen LogP contribution in [0.1, 0.15) is 5.56 Å². The average Bonchev–Trinajstić information content (AvgIpc) is 2.59. The molecule has 1 aliphatic heterocycles. The van der Waals surface area contributed by atoms with E-state index in [0.717, 1.165) is 11.3 Å². The Morgan fingerprint density at radius 1 is 1.29 bits per heavy atom. The van der Waals surface area contributed by atoms with Crippen molar-refractivity contribution in [3.8, 4) is 11.5 Å². The lowest BCUT2D eigenvalue weighted by atomic mass is 10.0. The van der Waals surface area contributed by atoms with Crippen LogP contribution in [0.25, 0.3) is 0 Å². The van der Waals surface area contributed by atoms with Gasteiger partial charge in [-0.05, 0) is 35.9 Å². The SMILES string of the molecule is COc1cccc(CC2Oc3ccc(N)cc3N(CCO)C2=O)c1. The molecule has 0 aliphatic carbocycles. The van der Waals surface area contributed by atoms with E-state index in [0.29, 0.717) is 23.5 Å². The van der Waals surface area contributed by atoms with E-state index in [9.17, 15) is 9.90 Å². The fourth-order valence-corrected chi connectivity index (χ4v) is 2.81. The van der Waals surface area contributed by atoms with Crippen molar-refractivity contribution in [2.45, 2.75) is 12.5 Å². The Morgan fingerprint density at radius 3 is 2.88 bits per heavy atom. The molecule has 0 saturated carbocycles. The normalized spacial score (nSPS) is 16.5. The molecule has 1 heterocycles. The van der Waals surface area contributed by atoms with Crippen molar-refractivity contribution in [2.24, 2.45) is 0 Å². The van der Waals surface area contributed by atoms with E-state index in [4.69, 9.17) is 15.2 Å². The molecule has 0 spiro atoms. The molecule has 1 unspecified atom stereocenters. The summed E-state index contributed by atoms with van der Waals surface area (Å²) in [5, 5.41) is 9.29. The number of ether oxygens (including phenoxy) is 2. The first-order valence-corrected chi connectivity index (χ1v) is 7.73. The summed E-state index contributed by atoms with van der Waals surface area (Å²) in [6.45, 7) is 0.0686. The predicted molar refractivity (Wildman–Crippen MR) is 91.4 cm³/mol. The van der Waals surface area contributed by atoms with Crippen LogP contribution in [-0.4, -0.2) is 37.4 Å². The summed E-state index contributed by atoms with van der Waals surface area (Å²) < 4.78 is 11.1. The van der Waals surface area contributed by atoms with Crippen LogP contribution in [0, 0.1) is 0 Å². The van der Waals surface area contributed by atoms with Gasteiger partial charge in [0.2, 0.25) is 0 Å². The Bertz CT molecular complexity index is 748. The van der Waals surface area contributed by atoms with Gasteiger partial charge in [0.05, 0.1) is 19.4 Å². The molecule has 1 amide bonds. The molecule has 3 rings (SSSR count). The van der Waals surface area contributed by atoms with Gasteiger partial charge in [0.1, 0.15) is 11.5 Å². The molecular weight excluding hydrogens is 308 g/mol. The zero-order valence-electron chi connectivity index (χ0n) is 13.4. The van der Waals surface area contributed by atoms with Crippen LogP contribution in [0.15, 0.2) is 42.5 Å². The van der Waals surface area contributed by atoms with Crippen molar-refractivity contribution in [2.75, 3.05) is 30.9 Å². The quantitative estimate of drug-likeness (QED) is 0.815. The van der Waals surface area contributed by atoms with Gasteiger partial charge in [0.15, 0.2) is 6.10 Å². The smallest absolute Gasteiger partial charge is 0.268 e. The lowest BCUT2D eigenvalue weighted by Gasteiger charge is -2.34. The maximum atomic E-state index is 12.8. The minimum Gasteiger partial charge on any atom is -0.497 e. The van der Waals surface area contributed by atoms with E-state index in [2.05, 4.69) is 0 Å². The molecule has 24 heavy (non-hydrogen) atoms. The second-order valence-corrected chi connectivity index (χ2v) is 5.60. The predicted octanol–water partition coefficient (Wildman–Crippen LogP) is 1.61. The number of nitrogens with zero attached hydrogens (tertiary/aromatic N) is 1. The average molecular weight is 328 g/mol. The zero-order chi connectivity index (χ0) is 17.1. The number of carbonyl (C=O) groups excluding carboxylic acids is 1. The molecule has 0 fully saturated rings. The van der Waals surface area contributed by atoms with Gasteiger partial charge in [-0.15, -0.1) is 0 Å². The van der Waals surface area contributed by atoms with E-state index >= 15 is 0 Å². The zero-order valence-corrected chi connectivity index (χ0v) is 13.4. The fraction of sp³-hybridized carbons (Fsp3) is 0.278. The molecule has 2 aromatic rings. The molecule has 2 aromatic carbocycles. The van der Waals surface area contributed by atoms with Crippen LogP contribution in [-0.2, 0) is 11.2 Å². The van der Waals surface area contributed by atoms with Crippen LogP contribution in [0.2, 0.25) is 0 Å². The number of benzene rings is 2. The molecule has 0 saturated heterocycles. The van der Waals surface area contributed by atoms with Gasteiger partial charge in [0, 0.05) is 18.7 Å². The first-order valence-electron chi connectivity index (χ1n) is 7.73. The van der Waals surface area contributed by atoms with Crippen molar-refractivity contribution in [1.82, 2.24) is 0 Å². The maximum Gasteiger partial charge on any atom is 0.268 e. The van der Waals surface area contributed by atoms with E-state index in [1.807, 2.05) is 24.3 Å². The number of β-amino-alcohol motifs (C(OH)–C–C–N with tert-alkyl or cyclic N) is 1. The minimum absolute atomic E-state index is 0.133. The van der Waals surface area contributed by atoms with Crippen LogP contribution >= 0.6 is 0 Å². The van der Waals surface area contributed by atoms with Crippen molar-refractivity contribution >= 4 is 17.3 Å². The monoisotopic (exact) mass is 328 g/mol. The van der Waals surface area contributed by atoms with Crippen LogP contribution in [0.3, 0.4) is 0 Å². The Hall–Kier alpha value is -2.73. The fourth-order valence-electron chi connectivity index (χ4n) is 2.81. The number of aliphatic hydroxyl groups is 1. The topological polar surface area (TPSA) is 85.0 Å². The first-order chi connectivity index (χ1) is 11.6. The van der Waals surface area contributed by atoms with E-state index in [1.165, 1.54) is 4.90 Å². The molecule has 1 aliphatic rings. The number of methoxy groups -OCH3 is 1. The van der Waals surface area contributed by atoms with E-state index in [-0.39, 0.29) is 19.1 Å². The highest BCUT2D eigenvalue weighted by Gasteiger charge is 2.34. The molecule has 126 valence electrons. The Morgan fingerprint density at radius 2 is 2.12 bits per heavy atom. The summed E-state index contributed by atoms with van der Waals surface area (Å²) in [5.41, 5.74) is 7.88. The first kappa shape index (κ1) is 16.1. The maximum absolute atomic E-state index is 12.8. The second-order valence-electron chi connectivity index (χ2n) is 5.60. The van der Waals surface area contributed by atoms with Crippen molar-refractivity contribution in [3.05, 3.63) is 48.0 Å². The van der Waals surface area contributed by atoms with Gasteiger partial charge in [-0.1, -0.05) is 12.1 Å². The standard InChI is InChI=1S/C18H20N2O4/c1-23-14-4-2-3-12(9-14)10-17-18(22)20(7-8-21)15-11-13(19)5-6-16(15)24-17/h2-6,9,11,17,21H,7-8,10,19H2,1H3. The van der Waals surface area contributed by atoms with E-state index < -0.39 is 6.10 Å². The Kier molecular flexibility index (Phi) is 4.57. The minimum atomic E-state index is -0.653. The lowest BCUT2D eigenvalue weighted by Crippen LogP contribution is -2.48. The summed E-state index contributed by atoms with van der Waals surface area (Å²) in [4.78, 5) is 14.3. The summed E-state index contributed by atoms with van der Waals surface area (Å²) in [6, 6.07) is 12.7. The number of nitrogen functional groups attached to an aromatic ring is 1. The van der Waals surface area contributed by atoms with Gasteiger partial charge < -0.3 is 25.2 Å². The number of anilines is 2. The highest BCUT2D eigenvalue weighted by molar-refractivity contribution is 6.00. The Labute approximate surface area is 140 Å². The van der Waals surface area contributed by atoms with Gasteiger partial charge in [0.25, 0.3) is 5.91 Å². The molecule has 1 atom stereocenters. The third-order valence-electron chi connectivity index (χ3n) is 3.96. The molecular formula is C18H20N2O4. The number of fused-ring (bicyclic) bond motifs is 1. The number of amides is 1. The molecule has 0 aromatic heterocycles. The third kappa shape index (κ3) is 3.14. The van der Waals surface area contributed by atoms with Gasteiger partial charge in [-0.25, -0.2) is 0 Å². The number of hydrogen-bond acceptors (Lipinski definition) is 5. The highest BCUT2D eigenvalue weighted by atomic mass is 16.5. The lowest BCUT2D eigenvalue weighted by molar-refractivity contribution is -0.126. The molecule has 0 radical (unpaired) electrons. The van der Waals surface area contributed by atoms with Crippen LogP contribution < -0.4 is 20.1 Å². The van der Waals surface area contributed by atoms with Gasteiger partial charge in [-0.2, -0.15) is 0 Å². The largest absolute Gasteiger partial charge is 0.497 e. The molecule has 0 bridgehead atoms. The highest BCUT2D eigenvalue weighted by Crippen LogP contribution is 2.36. The second kappa shape index (κ2) is 6.80. The molecule has 3 N–H and O–H groups in total. The van der Waals surface area contributed by atoms with Crippen molar-refractivity contribution in [1.29, 1.82) is 0 Å². The van der Waals surface area contributed by atoms with E-state index in [1.54, 1.807) is 25.3 Å². The summed E-state index contributed by atoms with van der Waals surface area (Å²) in [7, 11) is 1.60. The summed E-state index contributed by atoms with van der Waals surface area (Å²) in [5.74, 6) is 1.13. The molecule has 6 heteroatoms. The number of aliphatic hydroxyl groups excluding tert-OH is 1. The Balaban J connectivity index is 1.89. The van der Waals surface area contributed by atoms with Gasteiger partial charge in [-0.3, -0.25) is 4.79 Å². The number of hydrogen-bond donors (Lipinski definition) is 2. The number of nitrogens with two attached hydrogens (primary N) is 1. The van der Waals surface area contributed by atoms with Gasteiger partial charge >= 0.3 is 0 Å². The van der Waals surface area contributed by atoms with Crippen LogP contribution in [0.5, 0.6) is 11.5 Å². The number of rotatable bonds is 5. The summed E-state index contributed by atoms with van der Waals surface area (Å²) >= 11 is 0. The summed E-state index contributed by atoms with van der Waals surface area (Å²) in [6.07, 6.45) is -0.235.